The molecule has 0 saturated carbocycles. The average molecular weight is 312 g/mol. The first-order valence-electron chi connectivity index (χ1n) is 6.98. The zero-order chi connectivity index (χ0) is 15.2. The van der Waals surface area contributed by atoms with Gasteiger partial charge >= 0.3 is 5.97 Å². The van der Waals surface area contributed by atoms with Gasteiger partial charge in [-0.3, -0.25) is 4.79 Å². The molecular weight excluding hydrogens is 294 g/mol. The number of carbonyl (C=O) groups excluding carboxylic acids is 1. The topological polar surface area (TPSA) is 66.8 Å². The second kappa shape index (κ2) is 7.31. The molecule has 0 aliphatic carbocycles. The van der Waals surface area contributed by atoms with Gasteiger partial charge in [0.25, 0.3) is 0 Å². The number of likely N-dealkylation sites (tertiary alicyclic amines) is 1. The average Bonchev–Trinajstić information content (AvgIpc) is 2.47. The zero-order valence-corrected chi connectivity index (χ0v) is 12.4. The first kappa shape index (κ1) is 15.6. The molecule has 1 fully saturated rings. The number of carboxylic acid groups (broad SMARTS) is 1. The van der Waals surface area contributed by atoms with E-state index in [9.17, 15) is 9.59 Å². The number of carboxylic acids is 1. The summed E-state index contributed by atoms with van der Waals surface area (Å²) in [7, 11) is 0. The van der Waals surface area contributed by atoms with E-state index < -0.39 is 12.0 Å². The van der Waals surface area contributed by atoms with Crippen molar-refractivity contribution in [1.29, 1.82) is 0 Å². The van der Waals surface area contributed by atoms with Crippen LogP contribution >= 0.6 is 11.6 Å². The number of rotatable bonds is 5. The molecule has 0 bridgehead atoms. The maximum Gasteiger partial charge on any atom is 0.326 e. The Bertz CT molecular complexity index is 520. The summed E-state index contributed by atoms with van der Waals surface area (Å²) >= 11 is 5.84. The Balaban J connectivity index is 1.84. The summed E-state index contributed by atoms with van der Waals surface area (Å²) in [6, 6.07) is 6.25. The van der Waals surface area contributed by atoms with Crippen molar-refractivity contribution in [1.82, 2.24) is 4.90 Å². The number of hydrogen-bond acceptors (Lipinski definition) is 3. The maximum absolute atomic E-state index is 12.1. The zero-order valence-electron chi connectivity index (χ0n) is 11.6. The molecule has 1 N–H and O–H groups in total. The van der Waals surface area contributed by atoms with E-state index in [1.807, 2.05) is 0 Å². The standard InChI is InChI=1S/C15H18ClNO4/c16-11-4-3-5-12(10-11)21-9-7-14(18)17-8-2-1-6-13(17)15(19)20/h3-5,10,13H,1-2,6-9H2,(H,19,20)/t13-/m1/s1. The monoisotopic (exact) mass is 311 g/mol. The number of aliphatic carboxylic acids is 1. The van der Waals surface area contributed by atoms with Gasteiger partial charge in [0.2, 0.25) is 5.91 Å². The van der Waals surface area contributed by atoms with E-state index in [0.29, 0.717) is 23.7 Å². The van der Waals surface area contributed by atoms with Gasteiger partial charge in [0.15, 0.2) is 0 Å². The molecule has 6 heteroatoms. The predicted molar refractivity (Wildman–Crippen MR) is 78.6 cm³/mol. The molecule has 1 aliphatic rings. The predicted octanol–water partition coefficient (Wildman–Crippen LogP) is 2.57. The third kappa shape index (κ3) is 4.36. The van der Waals surface area contributed by atoms with Crippen molar-refractivity contribution in [3.63, 3.8) is 0 Å². The lowest BCUT2D eigenvalue weighted by molar-refractivity contribution is -0.152. The second-order valence-corrected chi connectivity index (χ2v) is 5.43. The van der Waals surface area contributed by atoms with Crippen LogP contribution in [0.15, 0.2) is 24.3 Å². The normalized spacial score (nSPS) is 18.3. The fourth-order valence-corrected chi connectivity index (χ4v) is 2.62. The second-order valence-electron chi connectivity index (χ2n) is 4.99. The minimum absolute atomic E-state index is 0.163. The van der Waals surface area contributed by atoms with Crippen LogP contribution in [0.3, 0.4) is 0 Å². The molecule has 1 heterocycles. The smallest absolute Gasteiger partial charge is 0.326 e. The summed E-state index contributed by atoms with van der Waals surface area (Å²) in [4.78, 5) is 24.7. The van der Waals surface area contributed by atoms with Gasteiger partial charge < -0.3 is 14.7 Å². The van der Waals surface area contributed by atoms with Gasteiger partial charge in [-0.05, 0) is 37.5 Å². The highest BCUT2D eigenvalue weighted by atomic mass is 35.5. The molecule has 1 atom stereocenters. The highest BCUT2D eigenvalue weighted by Gasteiger charge is 2.31. The lowest BCUT2D eigenvalue weighted by Gasteiger charge is -2.33. The van der Waals surface area contributed by atoms with Gasteiger partial charge in [-0.2, -0.15) is 0 Å². The van der Waals surface area contributed by atoms with E-state index in [4.69, 9.17) is 21.4 Å². The van der Waals surface area contributed by atoms with Crippen LogP contribution < -0.4 is 4.74 Å². The van der Waals surface area contributed by atoms with E-state index in [1.165, 1.54) is 4.90 Å². The molecule has 1 aromatic rings. The van der Waals surface area contributed by atoms with Crippen molar-refractivity contribution in [3.05, 3.63) is 29.3 Å². The molecule has 2 rings (SSSR count). The molecule has 1 amide bonds. The number of amides is 1. The van der Waals surface area contributed by atoms with E-state index in [1.54, 1.807) is 24.3 Å². The molecule has 21 heavy (non-hydrogen) atoms. The SMILES string of the molecule is O=C(O)[C@H]1CCCCN1C(=O)CCOc1cccc(Cl)c1. The minimum Gasteiger partial charge on any atom is -0.493 e. The van der Waals surface area contributed by atoms with E-state index in [2.05, 4.69) is 0 Å². The first-order valence-corrected chi connectivity index (χ1v) is 7.36. The molecule has 1 aliphatic heterocycles. The Kier molecular flexibility index (Phi) is 5.44. The van der Waals surface area contributed by atoms with Crippen LogP contribution in [0.25, 0.3) is 0 Å². The largest absolute Gasteiger partial charge is 0.493 e. The Morgan fingerprint density at radius 2 is 2.19 bits per heavy atom. The molecule has 1 aromatic carbocycles. The summed E-state index contributed by atoms with van der Waals surface area (Å²) in [5, 5.41) is 9.72. The van der Waals surface area contributed by atoms with Gasteiger partial charge in [-0.15, -0.1) is 0 Å². The Labute approximate surface area is 128 Å². The summed E-state index contributed by atoms with van der Waals surface area (Å²) in [6.07, 6.45) is 2.39. The van der Waals surface area contributed by atoms with E-state index in [0.717, 1.165) is 12.8 Å². The number of hydrogen-bond donors (Lipinski definition) is 1. The Hall–Kier alpha value is -1.75. The summed E-state index contributed by atoms with van der Waals surface area (Å²) in [5.41, 5.74) is 0. The highest BCUT2D eigenvalue weighted by Crippen LogP contribution is 2.19. The number of nitrogens with zero attached hydrogens (tertiary/aromatic N) is 1. The van der Waals surface area contributed by atoms with Gasteiger partial charge in [-0.25, -0.2) is 4.79 Å². The molecule has 0 unspecified atom stereocenters. The van der Waals surface area contributed by atoms with E-state index >= 15 is 0 Å². The van der Waals surface area contributed by atoms with Crippen LogP contribution in [0.4, 0.5) is 0 Å². The van der Waals surface area contributed by atoms with Crippen LogP contribution in [0.5, 0.6) is 5.75 Å². The third-order valence-corrected chi connectivity index (χ3v) is 3.72. The number of halogens is 1. The maximum atomic E-state index is 12.1. The van der Waals surface area contributed by atoms with Crippen molar-refractivity contribution in [2.24, 2.45) is 0 Å². The quantitative estimate of drug-likeness (QED) is 0.907. The summed E-state index contributed by atoms with van der Waals surface area (Å²) < 4.78 is 5.46. The number of carbonyl (C=O) groups is 2. The Morgan fingerprint density at radius 3 is 2.90 bits per heavy atom. The van der Waals surface area contributed by atoms with Gasteiger partial charge in [0.05, 0.1) is 13.0 Å². The molecule has 5 nitrogen and oxygen atoms in total. The van der Waals surface area contributed by atoms with Gasteiger partial charge in [0.1, 0.15) is 11.8 Å². The fourth-order valence-electron chi connectivity index (χ4n) is 2.44. The van der Waals surface area contributed by atoms with E-state index in [-0.39, 0.29) is 18.9 Å². The van der Waals surface area contributed by atoms with Crippen LogP contribution in [0.1, 0.15) is 25.7 Å². The Morgan fingerprint density at radius 1 is 1.38 bits per heavy atom. The molecule has 0 spiro atoms. The van der Waals surface area contributed by atoms with Crippen LogP contribution in [-0.2, 0) is 9.59 Å². The minimum atomic E-state index is -0.932. The van der Waals surface area contributed by atoms with Crippen molar-refractivity contribution in [2.45, 2.75) is 31.7 Å². The van der Waals surface area contributed by atoms with Crippen LogP contribution in [-0.4, -0.2) is 41.1 Å². The molecular formula is C15H18ClNO4. The van der Waals surface area contributed by atoms with Crippen molar-refractivity contribution in [2.75, 3.05) is 13.2 Å². The van der Waals surface area contributed by atoms with Crippen molar-refractivity contribution in [3.8, 4) is 5.75 Å². The van der Waals surface area contributed by atoms with Crippen LogP contribution in [0, 0.1) is 0 Å². The molecule has 114 valence electrons. The molecule has 1 saturated heterocycles. The number of piperidine rings is 1. The van der Waals surface area contributed by atoms with Gasteiger partial charge in [0, 0.05) is 11.6 Å². The van der Waals surface area contributed by atoms with Crippen molar-refractivity contribution >= 4 is 23.5 Å². The van der Waals surface area contributed by atoms with Crippen LogP contribution in [0.2, 0.25) is 5.02 Å². The first-order chi connectivity index (χ1) is 10.1. The number of benzene rings is 1. The molecule has 0 aromatic heterocycles. The lowest BCUT2D eigenvalue weighted by atomic mass is 10.0. The fraction of sp³-hybridized carbons (Fsp3) is 0.467. The summed E-state index contributed by atoms with van der Waals surface area (Å²) in [6.45, 7) is 0.717. The number of ether oxygens (including phenoxy) is 1. The van der Waals surface area contributed by atoms with Gasteiger partial charge in [-0.1, -0.05) is 17.7 Å². The molecule has 0 radical (unpaired) electrons. The lowest BCUT2D eigenvalue weighted by Crippen LogP contribution is -2.48. The third-order valence-electron chi connectivity index (χ3n) is 3.49. The highest BCUT2D eigenvalue weighted by molar-refractivity contribution is 6.30. The summed E-state index contributed by atoms with van der Waals surface area (Å²) in [5.74, 6) is -0.508. The van der Waals surface area contributed by atoms with Crippen molar-refractivity contribution < 1.29 is 19.4 Å².